The first-order valence-electron chi connectivity index (χ1n) is 7.45. The third kappa shape index (κ3) is 3.82. The number of rotatable bonds is 6. The van der Waals surface area contributed by atoms with Gasteiger partial charge in [-0.25, -0.2) is 0 Å². The van der Waals surface area contributed by atoms with E-state index in [2.05, 4.69) is 29.6 Å². The van der Waals surface area contributed by atoms with Crippen LogP contribution in [-0.4, -0.2) is 17.1 Å². The van der Waals surface area contributed by atoms with Crippen molar-refractivity contribution in [3.63, 3.8) is 0 Å². The quantitative estimate of drug-likeness (QED) is 0.843. The largest absolute Gasteiger partial charge is 0.480 e. The zero-order valence-corrected chi connectivity index (χ0v) is 12.8. The van der Waals surface area contributed by atoms with Crippen molar-refractivity contribution in [2.24, 2.45) is 5.92 Å². The van der Waals surface area contributed by atoms with Crippen LogP contribution in [0.15, 0.2) is 42.5 Å². The Balaban J connectivity index is 2.25. The first kappa shape index (κ1) is 15.5. The van der Waals surface area contributed by atoms with Crippen LogP contribution in [0.2, 0.25) is 0 Å². The van der Waals surface area contributed by atoms with Gasteiger partial charge in [0.1, 0.15) is 6.04 Å². The van der Waals surface area contributed by atoms with Gasteiger partial charge in [0.15, 0.2) is 0 Å². The SMILES string of the molecule is CC(C)CC(NC(C)c1cccc2ccccc12)C(=O)O. The molecule has 0 heterocycles. The van der Waals surface area contributed by atoms with Crippen molar-refractivity contribution in [2.45, 2.75) is 39.3 Å². The molecule has 2 atom stereocenters. The van der Waals surface area contributed by atoms with Gasteiger partial charge in [-0.3, -0.25) is 10.1 Å². The molecule has 0 bridgehead atoms. The smallest absolute Gasteiger partial charge is 0.320 e. The Hall–Kier alpha value is -1.87. The molecule has 2 N–H and O–H groups in total. The molecular formula is C18H23NO2. The lowest BCUT2D eigenvalue weighted by Crippen LogP contribution is -2.39. The summed E-state index contributed by atoms with van der Waals surface area (Å²) in [5.41, 5.74) is 1.14. The van der Waals surface area contributed by atoms with E-state index < -0.39 is 12.0 Å². The van der Waals surface area contributed by atoms with Crippen molar-refractivity contribution in [1.29, 1.82) is 0 Å². The normalized spacial score (nSPS) is 14.3. The highest BCUT2D eigenvalue weighted by molar-refractivity contribution is 5.86. The molecule has 112 valence electrons. The van der Waals surface area contributed by atoms with Gasteiger partial charge >= 0.3 is 5.97 Å². The summed E-state index contributed by atoms with van der Waals surface area (Å²) in [5, 5.41) is 15.0. The van der Waals surface area contributed by atoms with Crippen LogP contribution >= 0.6 is 0 Å². The lowest BCUT2D eigenvalue weighted by atomic mass is 9.97. The molecule has 2 aromatic rings. The summed E-state index contributed by atoms with van der Waals surface area (Å²) in [6.45, 7) is 6.11. The fourth-order valence-corrected chi connectivity index (χ4v) is 2.73. The highest BCUT2D eigenvalue weighted by Gasteiger charge is 2.21. The zero-order chi connectivity index (χ0) is 15.4. The molecule has 0 aliphatic carbocycles. The minimum atomic E-state index is -0.782. The van der Waals surface area contributed by atoms with Crippen LogP contribution in [-0.2, 0) is 4.79 Å². The van der Waals surface area contributed by atoms with E-state index in [0.717, 1.165) is 5.56 Å². The van der Waals surface area contributed by atoms with Crippen molar-refractivity contribution >= 4 is 16.7 Å². The molecule has 3 heteroatoms. The topological polar surface area (TPSA) is 49.3 Å². The van der Waals surface area contributed by atoms with Crippen LogP contribution in [0.25, 0.3) is 10.8 Å². The van der Waals surface area contributed by atoms with Gasteiger partial charge in [-0.2, -0.15) is 0 Å². The fourth-order valence-electron chi connectivity index (χ4n) is 2.73. The summed E-state index contributed by atoms with van der Waals surface area (Å²) >= 11 is 0. The summed E-state index contributed by atoms with van der Waals surface area (Å²) in [6, 6.07) is 13.8. The minimum Gasteiger partial charge on any atom is -0.480 e. The molecule has 0 aliphatic rings. The maximum atomic E-state index is 11.4. The van der Waals surface area contributed by atoms with Crippen LogP contribution < -0.4 is 5.32 Å². The number of hydrogen-bond donors (Lipinski definition) is 2. The molecule has 0 fully saturated rings. The maximum absolute atomic E-state index is 11.4. The Labute approximate surface area is 126 Å². The first-order chi connectivity index (χ1) is 9.99. The molecular weight excluding hydrogens is 262 g/mol. The van der Waals surface area contributed by atoms with Crippen LogP contribution in [0.5, 0.6) is 0 Å². The summed E-state index contributed by atoms with van der Waals surface area (Å²) in [5.74, 6) is -0.436. The Kier molecular flexibility index (Phi) is 4.97. The Morgan fingerprint density at radius 3 is 2.43 bits per heavy atom. The van der Waals surface area contributed by atoms with Gasteiger partial charge in [0.05, 0.1) is 0 Å². The first-order valence-corrected chi connectivity index (χ1v) is 7.45. The maximum Gasteiger partial charge on any atom is 0.320 e. The van der Waals surface area contributed by atoms with Gasteiger partial charge in [0, 0.05) is 6.04 Å². The lowest BCUT2D eigenvalue weighted by molar-refractivity contribution is -0.140. The van der Waals surface area contributed by atoms with Gasteiger partial charge in [-0.05, 0) is 35.6 Å². The van der Waals surface area contributed by atoms with E-state index in [1.165, 1.54) is 10.8 Å². The number of hydrogen-bond acceptors (Lipinski definition) is 2. The number of carbonyl (C=O) groups is 1. The Bertz CT molecular complexity index is 616. The molecule has 2 aromatic carbocycles. The molecule has 2 rings (SSSR count). The molecule has 0 saturated carbocycles. The number of benzene rings is 2. The van der Waals surface area contributed by atoms with Crippen molar-refractivity contribution < 1.29 is 9.90 Å². The van der Waals surface area contributed by atoms with Crippen molar-refractivity contribution in [1.82, 2.24) is 5.32 Å². The predicted octanol–water partition coefficient (Wildman–Crippen LogP) is 3.99. The average Bonchev–Trinajstić information content (AvgIpc) is 2.45. The second-order valence-corrected chi connectivity index (χ2v) is 5.98. The van der Waals surface area contributed by atoms with Gasteiger partial charge in [-0.1, -0.05) is 56.3 Å². The molecule has 0 spiro atoms. The highest BCUT2D eigenvalue weighted by atomic mass is 16.4. The van der Waals surface area contributed by atoms with E-state index >= 15 is 0 Å². The van der Waals surface area contributed by atoms with E-state index in [-0.39, 0.29) is 6.04 Å². The third-order valence-corrected chi connectivity index (χ3v) is 3.75. The number of nitrogens with one attached hydrogen (secondary N) is 1. The van der Waals surface area contributed by atoms with Gasteiger partial charge < -0.3 is 5.11 Å². The summed E-state index contributed by atoms with van der Waals surface area (Å²) in [6.07, 6.45) is 0.629. The molecule has 0 amide bonds. The average molecular weight is 285 g/mol. The van der Waals surface area contributed by atoms with Gasteiger partial charge in [0.25, 0.3) is 0 Å². The third-order valence-electron chi connectivity index (χ3n) is 3.75. The van der Waals surface area contributed by atoms with Crippen molar-refractivity contribution in [2.75, 3.05) is 0 Å². The lowest BCUT2D eigenvalue weighted by Gasteiger charge is -2.23. The minimum absolute atomic E-state index is 0.00375. The predicted molar refractivity (Wildman–Crippen MR) is 86.4 cm³/mol. The second-order valence-electron chi connectivity index (χ2n) is 5.98. The standard InChI is InChI=1S/C18H23NO2/c1-12(2)11-17(18(20)21)19-13(3)15-10-6-8-14-7-4-5-9-16(14)15/h4-10,12-13,17,19H,11H2,1-3H3,(H,20,21). The van der Waals surface area contributed by atoms with Gasteiger partial charge in [0.2, 0.25) is 0 Å². The molecule has 0 saturated heterocycles. The number of carboxylic acid groups (broad SMARTS) is 1. The molecule has 21 heavy (non-hydrogen) atoms. The van der Waals surface area contributed by atoms with Crippen molar-refractivity contribution in [3.05, 3.63) is 48.0 Å². The Morgan fingerprint density at radius 2 is 1.76 bits per heavy atom. The van der Waals surface area contributed by atoms with Crippen LogP contribution in [0.1, 0.15) is 38.8 Å². The molecule has 3 nitrogen and oxygen atoms in total. The summed E-state index contributed by atoms with van der Waals surface area (Å²) in [7, 11) is 0. The monoisotopic (exact) mass is 285 g/mol. The molecule has 2 unspecified atom stereocenters. The number of aliphatic carboxylic acids is 1. The second kappa shape index (κ2) is 6.72. The zero-order valence-electron chi connectivity index (χ0n) is 12.8. The van der Waals surface area contributed by atoms with Crippen LogP contribution in [0, 0.1) is 5.92 Å². The molecule has 0 aliphatic heterocycles. The van der Waals surface area contributed by atoms with E-state index in [0.29, 0.717) is 12.3 Å². The fraction of sp³-hybridized carbons (Fsp3) is 0.389. The Morgan fingerprint density at radius 1 is 1.10 bits per heavy atom. The van der Waals surface area contributed by atoms with E-state index in [4.69, 9.17) is 0 Å². The summed E-state index contributed by atoms with van der Waals surface area (Å²) in [4.78, 5) is 11.4. The van der Waals surface area contributed by atoms with E-state index in [1.807, 2.05) is 39.0 Å². The van der Waals surface area contributed by atoms with Crippen LogP contribution in [0.3, 0.4) is 0 Å². The number of fused-ring (bicyclic) bond motifs is 1. The molecule has 0 radical (unpaired) electrons. The van der Waals surface area contributed by atoms with Crippen LogP contribution in [0.4, 0.5) is 0 Å². The van der Waals surface area contributed by atoms with Gasteiger partial charge in [-0.15, -0.1) is 0 Å². The van der Waals surface area contributed by atoms with Crippen molar-refractivity contribution in [3.8, 4) is 0 Å². The van der Waals surface area contributed by atoms with E-state index in [1.54, 1.807) is 0 Å². The highest BCUT2D eigenvalue weighted by Crippen LogP contribution is 2.24. The van der Waals surface area contributed by atoms with E-state index in [9.17, 15) is 9.90 Å². The number of carboxylic acids is 1. The summed E-state index contributed by atoms with van der Waals surface area (Å²) < 4.78 is 0. The molecule has 0 aromatic heterocycles.